The Balaban J connectivity index is 1.53. The van der Waals surface area contributed by atoms with E-state index in [1.54, 1.807) is 18.2 Å². The third-order valence-electron chi connectivity index (χ3n) is 5.27. The lowest BCUT2D eigenvalue weighted by atomic mass is 10.1. The number of carbonyl (C=O) groups excluding carboxylic acids is 4. The molecule has 1 aliphatic heterocycles. The van der Waals surface area contributed by atoms with E-state index in [-0.39, 0.29) is 31.0 Å². The van der Waals surface area contributed by atoms with Gasteiger partial charge in [0.1, 0.15) is 10.9 Å². The summed E-state index contributed by atoms with van der Waals surface area (Å²) in [5, 5.41) is 6.49. The molecule has 1 aliphatic rings. The van der Waals surface area contributed by atoms with Crippen molar-refractivity contribution in [2.45, 2.75) is 12.5 Å². The molecule has 170 valence electrons. The van der Waals surface area contributed by atoms with Crippen molar-refractivity contribution >= 4 is 62.4 Å². The number of esters is 1. The predicted molar refractivity (Wildman–Crippen MR) is 126 cm³/mol. The fourth-order valence-corrected chi connectivity index (χ4v) is 5.14. The maximum absolute atomic E-state index is 13.3. The van der Waals surface area contributed by atoms with Gasteiger partial charge in [0, 0.05) is 28.9 Å². The van der Waals surface area contributed by atoms with Gasteiger partial charge in [-0.25, -0.2) is 4.79 Å². The molecule has 3 aromatic rings. The van der Waals surface area contributed by atoms with Crippen molar-refractivity contribution in [3.8, 4) is 0 Å². The van der Waals surface area contributed by atoms with Crippen LogP contribution in [0.4, 0.5) is 5.69 Å². The highest BCUT2D eigenvalue weighted by Gasteiger charge is 2.36. The number of piperazine rings is 1. The number of carbonyl (C=O) groups is 4. The molecule has 1 aromatic heterocycles. The monoisotopic (exact) mass is 485 g/mol. The molecule has 0 bridgehead atoms. The second-order valence-electron chi connectivity index (χ2n) is 7.37. The van der Waals surface area contributed by atoms with Crippen molar-refractivity contribution in [2.75, 3.05) is 25.5 Å². The molecule has 33 heavy (non-hydrogen) atoms. The summed E-state index contributed by atoms with van der Waals surface area (Å²) in [7, 11) is 1.27. The minimum absolute atomic E-state index is 0.247. The molecule has 1 saturated heterocycles. The molecular formula is C23H20ClN3O5S. The molecule has 0 spiro atoms. The summed E-state index contributed by atoms with van der Waals surface area (Å²) in [6.07, 6.45) is -0.247. The first-order valence-electron chi connectivity index (χ1n) is 10.1. The number of methoxy groups -OCH3 is 1. The van der Waals surface area contributed by atoms with Crippen LogP contribution in [0.2, 0.25) is 5.02 Å². The molecule has 1 unspecified atom stereocenters. The van der Waals surface area contributed by atoms with Gasteiger partial charge in [-0.15, -0.1) is 11.3 Å². The number of hydrogen-bond donors (Lipinski definition) is 2. The second-order valence-corrected chi connectivity index (χ2v) is 8.80. The number of hydrogen-bond acceptors (Lipinski definition) is 6. The molecule has 8 nitrogen and oxygen atoms in total. The van der Waals surface area contributed by atoms with Crippen LogP contribution in [0.25, 0.3) is 10.1 Å². The van der Waals surface area contributed by atoms with E-state index in [0.29, 0.717) is 15.6 Å². The van der Waals surface area contributed by atoms with Crippen LogP contribution in [0.3, 0.4) is 0 Å². The molecule has 3 amide bonds. The molecule has 2 heterocycles. The highest BCUT2D eigenvalue weighted by atomic mass is 35.5. The van der Waals surface area contributed by atoms with E-state index in [1.807, 2.05) is 24.3 Å². The molecule has 2 aromatic carbocycles. The van der Waals surface area contributed by atoms with Gasteiger partial charge in [0.25, 0.3) is 5.91 Å². The van der Waals surface area contributed by atoms with E-state index in [0.717, 1.165) is 10.1 Å². The number of ether oxygens (including phenoxy) is 1. The van der Waals surface area contributed by atoms with Crippen molar-refractivity contribution in [2.24, 2.45) is 0 Å². The van der Waals surface area contributed by atoms with Crippen molar-refractivity contribution in [3.63, 3.8) is 0 Å². The van der Waals surface area contributed by atoms with E-state index in [2.05, 4.69) is 15.4 Å². The Morgan fingerprint density at radius 1 is 1.21 bits per heavy atom. The fourth-order valence-electron chi connectivity index (χ4n) is 3.67. The maximum atomic E-state index is 13.3. The number of anilines is 1. The average molecular weight is 486 g/mol. The molecule has 1 atom stereocenters. The molecule has 0 saturated carbocycles. The summed E-state index contributed by atoms with van der Waals surface area (Å²) < 4.78 is 5.55. The number of nitrogens with one attached hydrogen (secondary N) is 2. The van der Waals surface area contributed by atoms with Gasteiger partial charge in [0.05, 0.1) is 24.1 Å². The van der Waals surface area contributed by atoms with Crippen LogP contribution in [0, 0.1) is 0 Å². The highest BCUT2D eigenvalue weighted by Crippen LogP contribution is 2.36. The smallest absolute Gasteiger partial charge is 0.337 e. The van der Waals surface area contributed by atoms with Gasteiger partial charge in [0.15, 0.2) is 0 Å². The quantitative estimate of drug-likeness (QED) is 0.539. The lowest BCUT2D eigenvalue weighted by molar-refractivity contribution is -0.131. The number of amides is 3. The Bertz CT molecular complexity index is 1260. The first kappa shape index (κ1) is 22.8. The molecule has 4 rings (SSSR count). The van der Waals surface area contributed by atoms with Gasteiger partial charge >= 0.3 is 5.97 Å². The summed E-state index contributed by atoms with van der Waals surface area (Å²) >= 11 is 7.72. The summed E-state index contributed by atoms with van der Waals surface area (Å²) in [5.41, 5.74) is 0.659. The topological polar surface area (TPSA) is 105 Å². The average Bonchev–Trinajstić information content (AvgIpc) is 3.16. The van der Waals surface area contributed by atoms with Gasteiger partial charge in [0.2, 0.25) is 11.8 Å². The van der Waals surface area contributed by atoms with Crippen molar-refractivity contribution in [1.29, 1.82) is 0 Å². The first-order valence-corrected chi connectivity index (χ1v) is 11.3. The van der Waals surface area contributed by atoms with Crippen LogP contribution in [0.15, 0.2) is 48.5 Å². The summed E-state index contributed by atoms with van der Waals surface area (Å²) in [6, 6.07) is 12.7. The van der Waals surface area contributed by atoms with Crippen LogP contribution in [0.1, 0.15) is 26.5 Å². The summed E-state index contributed by atoms with van der Waals surface area (Å²) in [4.78, 5) is 52.1. The Kier molecular flexibility index (Phi) is 6.62. The molecule has 2 N–H and O–H groups in total. The normalized spacial score (nSPS) is 15.8. The van der Waals surface area contributed by atoms with Crippen molar-refractivity contribution in [3.05, 3.63) is 64.0 Å². The largest absolute Gasteiger partial charge is 0.465 e. The van der Waals surface area contributed by atoms with Gasteiger partial charge in [-0.3, -0.25) is 14.4 Å². The molecule has 1 fully saturated rings. The minimum Gasteiger partial charge on any atom is -0.465 e. The molecule has 0 radical (unpaired) electrons. The van der Waals surface area contributed by atoms with E-state index >= 15 is 0 Å². The SMILES string of the molecule is COC(=O)c1cccc(NC(=O)CC2C(=O)NCCN2C(=O)c2sc3ccccc3c2Cl)c1. The third-order valence-corrected chi connectivity index (χ3v) is 6.93. The van der Waals surface area contributed by atoms with Gasteiger partial charge in [-0.2, -0.15) is 0 Å². The number of fused-ring (bicyclic) bond motifs is 1. The Labute approximate surface area is 198 Å². The number of thiophene rings is 1. The first-order chi connectivity index (χ1) is 15.9. The molecule has 0 aliphatic carbocycles. The van der Waals surface area contributed by atoms with Gasteiger partial charge in [-0.1, -0.05) is 35.9 Å². The second kappa shape index (κ2) is 9.60. The number of nitrogens with zero attached hydrogens (tertiary/aromatic N) is 1. The molecule has 10 heteroatoms. The summed E-state index contributed by atoms with van der Waals surface area (Å²) in [6.45, 7) is 0.539. The summed E-state index contributed by atoms with van der Waals surface area (Å²) in [5.74, 6) is -1.80. The van der Waals surface area contributed by atoms with E-state index in [9.17, 15) is 19.2 Å². The lowest BCUT2D eigenvalue weighted by Crippen LogP contribution is -2.58. The van der Waals surface area contributed by atoms with E-state index in [1.165, 1.54) is 29.4 Å². The standard InChI is InChI=1S/C23H20ClN3O5S/c1-32-23(31)13-5-4-6-14(11-13)26-18(28)12-16-21(29)25-9-10-27(16)22(30)20-19(24)15-7-2-3-8-17(15)33-20/h2-8,11,16H,9-10,12H2,1H3,(H,25,29)(H,26,28). The van der Waals surface area contributed by atoms with Gasteiger partial charge in [-0.05, 0) is 24.3 Å². The van der Waals surface area contributed by atoms with Crippen LogP contribution >= 0.6 is 22.9 Å². The maximum Gasteiger partial charge on any atom is 0.337 e. The number of benzene rings is 2. The fraction of sp³-hybridized carbons (Fsp3) is 0.217. The van der Waals surface area contributed by atoms with Crippen molar-refractivity contribution in [1.82, 2.24) is 10.2 Å². The highest BCUT2D eigenvalue weighted by molar-refractivity contribution is 7.21. The van der Waals surface area contributed by atoms with E-state index in [4.69, 9.17) is 11.6 Å². The third kappa shape index (κ3) is 4.69. The Morgan fingerprint density at radius 3 is 2.76 bits per heavy atom. The zero-order valence-electron chi connectivity index (χ0n) is 17.6. The van der Waals surface area contributed by atoms with Crippen LogP contribution < -0.4 is 10.6 Å². The zero-order chi connectivity index (χ0) is 23.5. The molecular weight excluding hydrogens is 466 g/mol. The number of halogens is 1. The van der Waals surface area contributed by atoms with Crippen molar-refractivity contribution < 1.29 is 23.9 Å². The van der Waals surface area contributed by atoms with E-state index < -0.39 is 23.8 Å². The minimum atomic E-state index is -0.990. The number of rotatable bonds is 5. The van der Waals surface area contributed by atoms with Crippen LogP contribution in [-0.2, 0) is 14.3 Å². The Hall–Kier alpha value is -3.43. The Morgan fingerprint density at radius 2 is 2.00 bits per heavy atom. The lowest BCUT2D eigenvalue weighted by Gasteiger charge is -2.34. The van der Waals surface area contributed by atoms with Gasteiger partial charge < -0.3 is 20.3 Å². The predicted octanol–water partition coefficient (Wildman–Crippen LogP) is 3.31. The van der Waals surface area contributed by atoms with Crippen LogP contribution in [0.5, 0.6) is 0 Å². The van der Waals surface area contributed by atoms with Crippen LogP contribution in [-0.4, -0.2) is 54.8 Å². The zero-order valence-corrected chi connectivity index (χ0v) is 19.2.